The van der Waals surface area contributed by atoms with E-state index in [1.165, 1.54) is 0 Å². The molecular formula is C10H10N2O3. The van der Waals surface area contributed by atoms with Gasteiger partial charge in [0, 0.05) is 5.56 Å². The average Bonchev–Trinajstić information content (AvgIpc) is 2.16. The van der Waals surface area contributed by atoms with Crippen molar-refractivity contribution in [1.29, 1.82) is 0 Å². The highest BCUT2D eigenvalue weighted by Crippen LogP contribution is 2.31. The molecule has 0 saturated heterocycles. The molecule has 3 N–H and O–H groups in total. The van der Waals surface area contributed by atoms with E-state index < -0.39 is 5.91 Å². The van der Waals surface area contributed by atoms with E-state index in [4.69, 9.17) is 10.5 Å². The molecule has 0 saturated carbocycles. The molecule has 0 radical (unpaired) electrons. The van der Waals surface area contributed by atoms with Gasteiger partial charge in [-0.1, -0.05) is 12.1 Å². The van der Waals surface area contributed by atoms with Crippen LogP contribution in [0.1, 0.15) is 5.56 Å². The standard InChI is InChI=1S/C10H10N2O3/c11-8(13)4-6-2-1-3-7-10(6)15-5-9(14)12-7/h1-3H,4-5H2,(H2,11,13)(H,12,14). The Morgan fingerprint density at radius 3 is 3.07 bits per heavy atom. The van der Waals surface area contributed by atoms with Crippen LogP contribution in [0.2, 0.25) is 0 Å². The Bertz CT molecular complexity index is 429. The Labute approximate surface area is 86.2 Å². The number of ether oxygens (including phenoxy) is 1. The van der Waals surface area contributed by atoms with Crippen LogP contribution in [0.4, 0.5) is 5.69 Å². The summed E-state index contributed by atoms with van der Waals surface area (Å²) in [5.74, 6) is -0.0847. The van der Waals surface area contributed by atoms with E-state index in [0.717, 1.165) is 0 Å². The van der Waals surface area contributed by atoms with Crippen LogP contribution in [0.15, 0.2) is 18.2 Å². The van der Waals surface area contributed by atoms with E-state index in [2.05, 4.69) is 5.32 Å². The fraction of sp³-hybridized carbons (Fsp3) is 0.200. The van der Waals surface area contributed by atoms with Crippen LogP contribution in [-0.4, -0.2) is 18.4 Å². The molecule has 15 heavy (non-hydrogen) atoms. The summed E-state index contributed by atoms with van der Waals surface area (Å²) in [6.07, 6.45) is 0.110. The first-order chi connectivity index (χ1) is 7.16. The topological polar surface area (TPSA) is 81.4 Å². The molecule has 2 amide bonds. The van der Waals surface area contributed by atoms with Gasteiger partial charge in [0.25, 0.3) is 5.91 Å². The third-order valence-electron chi connectivity index (χ3n) is 2.08. The number of amides is 2. The molecule has 5 heteroatoms. The second kappa shape index (κ2) is 3.61. The minimum atomic E-state index is -0.427. The van der Waals surface area contributed by atoms with Crippen LogP contribution in [0, 0.1) is 0 Å². The Balaban J connectivity index is 2.37. The molecule has 1 aliphatic rings. The number of fused-ring (bicyclic) bond motifs is 1. The summed E-state index contributed by atoms with van der Waals surface area (Å²) >= 11 is 0. The number of nitrogens with two attached hydrogens (primary N) is 1. The van der Waals surface area contributed by atoms with Crippen molar-refractivity contribution < 1.29 is 14.3 Å². The molecule has 2 rings (SSSR count). The number of hydrogen-bond acceptors (Lipinski definition) is 3. The van der Waals surface area contributed by atoms with Gasteiger partial charge in [0.15, 0.2) is 6.61 Å². The number of hydrogen-bond donors (Lipinski definition) is 2. The molecule has 5 nitrogen and oxygen atoms in total. The smallest absolute Gasteiger partial charge is 0.262 e. The number of rotatable bonds is 2. The third kappa shape index (κ3) is 1.90. The van der Waals surface area contributed by atoms with Gasteiger partial charge < -0.3 is 15.8 Å². The van der Waals surface area contributed by atoms with Crippen molar-refractivity contribution in [1.82, 2.24) is 0 Å². The number of carbonyl (C=O) groups is 2. The fourth-order valence-corrected chi connectivity index (χ4v) is 1.50. The van der Waals surface area contributed by atoms with Crippen LogP contribution in [-0.2, 0) is 16.0 Å². The van der Waals surface area contributed by atoms with Crippen molar-refractivity contribution in [2.45, 2.75) is 6.42 Å². The lowest BCUT2D eigenvalue weighted by Gasteiger charge is -2.20. The second-order valence-electron chi connectivity index (χ2n) is 3.27. The van der Waals surface area contributed by atoms with Gasteiger partial charge in [-0.15, -0.1) is 0 Å². The van der Waals surface area contributed by atoms with E-state index in [9.17, 15) is 9.59 Å². The maximum Gasteiger partial charge on any atom is 0.262 e. The molecule has 1 aliphatic heterocycles. The lowest BCUT2D eigenvalue weighted by molar-refractivity contribution is -0.118. The van der Waals surface area contributed by atoms with Crippen molar-refractivity contribution in [2.75, 3.05) is 11.9 Å². The van der Waals surface area contributed by atoms with Gasteiger partial charge in [0.1, 0.15) is 5.75 Å². The number of primary amides is 1. The van der Waals surface area contributed by atoms with E-state index in [1.54, 1.807) is 18.2 Å². The minimum absolute atomic E-state index is 0.0250. The molecule has 0 aliphatic carbocycles. The monoisotopic (exact) mass is 206 g/mol. The molecule has 0 atom stereocenters. The molecule has 0 spiro atoms. The molecule has 0 unspecified atom stereocenters. The zero-order valence-corrected chi connectivity index (χ0v) is 7.95. The van der Waals surface area contributed by atoms with Crippen molar-refractivity contribution in [3.05, 3.63) is 23.8 Å². The van der Waals surface area contributed by atoms with Crippen LogP contribution >= 0.6 is 0 Å². The highest BCUT2D eigenvalue weighted by atomic mass is 16.5. The lowest BCUT2D eigenvalue weighted by Crippen LogP contribution is -2.26. The summed E-state index contributed by atoms with van der Waals surface area (Å²) in [7, 11) is 0. The predicted molar refractivity (Wildman–Crippen MR) is 53.5 cm³/mol. The van der Waals surface area contributed by atoms with Crippen LogP contribution < -0.4 is 15.8 Å². The summed E-state index contributed by atoms with van der Waals surface area (Å²) < 4.78 is 5.25. The Hall–Kier alpha value is -2.04. The third-order valence-corrected chi connectivity index (χ3v) is 2.08. The van der Waals surface area contributed by atoms with E-state index >= 15 is 0 Å². The van der Waals surface area contributed by atoms with Gasteiger partial charge in [-0.05, 0) is 6.07 Å². The maximum atomic E-state index is 11.0. The number of carbonyl (C=O) groups excluding carboxylic acids is 2. The summed E-state index contributed by atoms with van der Waals surface area (Å²) in [6.45, 7) is -0.0250. The first kappa shape index (κ1) is 9.51. The Morgan fingerprint density at radius 2 is 2.33 bits per heavy atom. The van der Waals surface area contributed by atoms with Gasteiger partial charge in [-0.3, -0.25) is 9.59 Å². The zero-order valence-electron chi connectivity index (χ0n) is 7.95. The molecule has 1 aromatic carbocycles. The van der Waals surface area contributed by atoms with Gasteiger partial charge in [-0.25, -0.2) is 0 Å². The second-order valence-corrected chi connectivity index (χ2v) is 3.27. The summed E-state index contributed by atoms with van der Waals surface area (Å²) in [5, 5.41) is 2.66. The van der Waals surface area contributed by atoms with E-state index in [1.807, 2.05) is 0 Å². The van der Waals surface area contributed by atoms with Crippen molar-refractivity contribution in [3.8, 4) is 5.75 Å². The highest BCUT2D eigenvalue weighted by molar-refractivity contribution is 5.96. The zero-order chi connectivity index (χ0) is 10.8. The van der Waals surface area contributed by atoms with Gasteiger partial charge >= 0.3 is 0 Å². The van der Waals surface area contributed by atoms with Gasteiger partial charge in [0.05, 0.1) is 12.1 Å². The number of benzene rings is 1. The predicted octanol–water partition coefficient (Wildman–Crippen LogP) is 0.0453. The van der Waals surface area contributed by atoms with Gasteiger partial charge in [0.2, 0.25) is 5.91 Å². The van der Waals surface area contributed by atoms with Gasteiger partial charge in [-0.2, -0.15) is 0 Å². The molecule has 1 aromatic rings. The Kier molecular flexibility index (Phi) is 2.29. The number of anilines is 1. The highest BCUT2D eigenvalue weighted by Gasteiger charge is 2.19. The molecular weight excluding hydrogens is 196 g/mol. The van der Waals surface area contributed by atoms with E-state index in [0.29, 0.717) is 17.0 Å². The molecule has 0 fully saturated rings. The first-order valence-corrected chi connectivity index (χ1v) is 4.49. The number of para-hydroxylation sites is 1. The summed E-state index contributed by atoms with van der Waals surface area (Å²) in [6, 6.07) is 5.21. The van der Waals surface area contributed by atoms with E-state index in [-0.39, 0.29) is 18.9 Å². The van der Waals surface area contributed by atoms with Crippen molar-refractivity contribution >= 4 is 17.5 Å². The Morgan fingerprint density at radius 1 is 1.53 bits per heavy atom. The van der Waals surface area contributed by atoms with Crippen molar-refractivity contribution in [2.24, 2.45) is 5.73 Å². The first-order valence-electron chi connectivity index (χ1n) is 4.49. The molecule has 1 heterocycles. The van der Waals surface area contributed by atoms with Crippen LogP contribution in [0.3, 0.4) is 0 Å². The summed E-state index contributed by atoms with van der Waals surface area (Å²) in [5.41, 5.74) is 6.39. The quantitative estimate of drug-likeness (QED) is 0.717. The molecule has 0 aromatic heterocycles. The number of nitrogens with one attached hydrogen (secondary N) is 1. The largest absolute Gasteiger partial charge is 0.481 e. The molecule has 78 valence electrons. The maximum absolute atomic E-state index is 11.0. The van der Waals surface area contributed by atoms with Crippen molar-refractivity contribution in [3.63, 3.8) is 0 Å². The SMILES string of the molecule is NC(=O)Cc1cccc2c1OCC(=O)N2. The normalized spacial score (nSPS) is 13.7. The summed E-state index contributed by atoms with van der Waals surface area (Å²) in [4.78, 5) is 21.8. The molecule has 0 bridgehead atoms. The minimum Gasteiger partial charge on any atom is -0.481 e. The lowest BCUT2D eigenvalue weighted by atomic mass is 10.1. The van der Waals surface area contributed by atoms with Crippen LogP contribution in [0.5, 0.6) is 5.75 Å². The van der Waals surface area contributed by atoms with Crippen LogP contribution in [0.25, 0.3) is 0 Å². The average molecular weight is 206 g/mol. The fourth-order valence-electron chi connectivity index (χ4n) is 1.50.